The van der Waals surface area contributed by atoms with E-state index in [9.17, 15) is 9.59 Å². The van der Waals surface area contributed by atoms with E-state index in [0.29, 0.717) is 32.1 Å². The van der Waals surface area contributed by atoms with E-state index >= 15 is 0 Å². The maximum absolute atomic E-state index is 12.3. The normalized spacial score (nSPS) is 21.0. The third-order valence-electron chi connectivity index (χ3n) is 5.05. The van der Waals surface area contributed by atoms with E-state index in [1.807, 2.05) is 11.0 Å². The predicted octanol–water partition coefficient (Wildman–Crippen LogP) is 2.21. The van der Waals surface area contributed by atoms with E-state index in [2.05, 4.69) is 22.1 Å². The molecule has 140 valence electrons. The Labute approximate surface area is 160 Å². The van der Waals surface area contributed by atoms with Crippen molar-refractivity contribution >= 4 is 35.6 Å². The van der Waals surface area contributed by atoms with Gasteiger partial charge < -0.3 is 15.5 Å². The molecule has 1 aromatic rings. The lowest BCUT2D eigenvalue weighted by Gasteiger charge is -2.32. The van der Waals surface area contributed by atoms with Gasteiger partial charge in [0.15, 0.2) is 0 Å². The highest BCUT2D eigenvalue weighted by molar-refractivity contribution is 7.09. The molecule has 5 nitrogen and oxygen atoms in total. The van der Waals surface area contributed by atoms with Gasteiger partial charge in [-0.05, 0) is 50.1 Å². The lowest BCUT2D eigenvalue weighted by molar-refractivity contribution is -0.136. The first kappa shape index (κ1) is 20.2. The zero-order valence-corrected chi connectivity index (χ0v) is 16.2. The molecule has 2 saturated heterocycles. The molecule has 3 rings (SSSR count). The number of carbonyl (C=O) groups is 2. The predicted molar refractivity (Wildman–Crippen MR) is 103 cm³/mol. The molecule has 0 bridgehead atoms. The van der Waals surface area contributed by atoms with Crippen molar-refractivity contribution < 1.29 is 9.59 Å². The molecule has 0 spiro atoms. The van der Waals surface area contributed by atoms with Gasteiger partial charge in [-0.1, -0.05) is 6.07 Å². The van der Waals surface area contributed by atoms with Crippen LogP contribution in [0.25, 0.3) is 0 Å². The number of carbonyl (C=O) groups excluding carboxylic acids is 2. The van der Waals surface area contributed by atoms with Gasteiger partial charge in [-0.25, -0.2) is 0 Å². The van der Waals surface area contributed by atoms with Crippen molar-refractivity contribution in [1.82, 2.24) is 15.5 Å². The molecule has 1 atom stereocenters. The molecular formula is C18H28ClN3O2S. The standard InChI is InChI=1S/C18H27N3O2S.ClH/c22-17(13-15-3-1-8-19-15)21-10-6-14(7-11-21)18(23)20-9-5-16-4-2-12-24-16;/h2,4,12,14-15,19H,1,3,5-11,13H2,(H,20,23);1H. The van der Waals surface area contributed by atoms with Crippen LogP contribution in [0.1, 0.15) is 37.0 Å². The number of likely N-dealkylation sites (tertiary alicyclic amines) is 1. The minimum atomic E-state index is 0. The van der Waals surface area contributed by atoms with Crippen LogP contribution in [0.2, 0.25) is 0 Å². The summed E-state index contributed by atoms with van der Waals surface area (Å²) in [6, 6.07) is 4.49. The zero-order chi connectivity index (χ0) is 16.8. The van der Waals surface area contributed by atoms with Crippen LogP contribution in [0.15, 0.2) is 17.5 Å². The summed E-state index contributed by atoms with van der Waals surface area (Å²) in [6.07, 6.45) is 5.36. The van der Waals surface area contributed by atoms with E-state index in [1.54, 1.807) is 11.3 Å². The number of hydrogen-bond acceptors (Lipinski definition) is 4. The van der Waals surface area contributed by atoms with Crippen LogP contribution in [-0.2, 0) is 16.0 Å². The molecule has 0 radical (unpaired) electrons. The minimum absolute atomic E-state index is 0. The number of nitrogens with one attached hydrogen (secondary N) is 2. The van der Waals surface area contributed by atoms with Crippen molar-refractivity contribution in [3.63, 3.8) is 0 Å². The van der Waals surface area contributed by atoms with Crippen LogP contribution >= 0.6 is 23.7 Å². The van der Waals surface area contributed by atoms with Gasteiger partial charge in [-0.2, -0.15) is 0 Å². The van der Waals surface area contributed by atoms with Crippen molar-refractivity contribution in [3.05, 3.63) is 22.4 Å². The average molecular weight is 386 g/mol. The molecule has 2 fully saturated rings. The molecule has 25 heavy (non-hydrogen) atoms. The topological polar surface area (TPSA) is 61.4 Å². The molecule has 7 heteroatoms. The number of thiophene rings is 1. The quantitative estimate of drug-likeness (QED) is 0.789. The molecule has 0 aliphatic carbocycles. The summed E-state index contributed by atoms with van der Waals surface area (Å²) >= 11 is 1.73. The van der Waals surface area contributed by atoms with Gasteiger partial charge in [0.2, 0.25) is 11.8 Å². The third kappa shape index (κ3) is 5.97. The summed E-state index contributed by atoms with van der Waals surface area (Å²) in [5, 5.41) is 8.49. The molecular weight excluding hydrogens is 358 g/mol. The fourth-order valence-corrected chi connectivity index (χ4v) is 4.28. The summed E-state index contributed by atoms with van der Waals surface area (Å²) < 4.78 is 0. The number of nitrogens with zero attached hydrogens (tertiary/aromatic N) is 1. The molecule has 2 N–H and O–H groups in total. The molecule has 1 unspecified atom stereocenters. The Morgan fingerprint density at radius 3 is 2.72 bits per heavy atom. The smallest absolute Gasteiger partial charge is 0.224 e. The van der Waals surface area contributed by atoms with Crippen LogP contribution in [0.3, 0.4) is 0 Å². The monoisotopic (exact) mass is 385 g/mol. The van der Waals surface area contributed by atoms with Gasteiger partial charge in [0, 0.05) is 42.9 Å². The van der Waals surface area contributed by atoms with E-state index < -0.39 is 0 Å². The largest absolute Gasteiger partial charge is 0.355 e. The molecule has 1 aromatic heterocycles. The second kappa shape index (κ2) is 10.1. The molecule has 2 aliphatic rings. The highest BCUT2D eigenvalue weighted by atomic mass is 35.5. The van der Waals surface area contributed by atoms with Crippen LogP contribution in [0, 0.1) is 5.92 Å². The number of halogens is 1. The van der Waals surface area contributed by atoms with Crippen LogP contribution in [-0.4, -0.2) is 48.9 Å². The summed E-state index contributed by atoms with van der Waals surface area (Å²) in [7, 11) is 0. The molecule has 3 heterocycles. The highest BCUT2D eigenvalue weighted by Gasteiger charge is 2.28. The SMILES string of the molecule is Cl.O=C(NCCc1cccs1)C1CCN(C(=O)CC2CCCN2)CC1. The highest BCUT2D eigenvalue weighted by Crippen LogP contribution is 2.19. The first-order valence-corrected chi connectivity index (χ1v) is 9.91. The summed E-state index contributed by atoms with van der Waals surface area (Å²) in [6.45, 7) is 3.17. The van der Waals surface area contributed by atoms with Gasteiger partial charge >= 0.3 is 0 Å². The van der Waals surface area contributed by atoms with Gasteiger partial charge in [-0.15, -0.1) is 23.7 Å². The van der Waals surface area contributed by atoms with Crippen LogP contribution in [0.5, 0.6) is 0 Å². The maximum atomic E-state index is 12.3. The molecule has 2 amide bonds. The maximum Gasteiger partial charge on any atom is 0.224 e. The minimum Gasteiger partial charge on any atom is -0.355 e. The summed E-state index contributed by atoms with van der Waals surface area (Å²) in [5.41, 5.74) is 0. The third-order valence-corrected chi connectivity index (χ3v) is 5.99. The van der Waals surface area contributed by atoms with E-state index in [0.717, 1.165) is 32.2 Å². The van der Waals surface area contributed by atoms with Gasteiger partial charge in [0.05, 0.1) is 0 Å². The molecule has 0 saturated carbocycles. The number of amides is 2. The second-order valence-corrected chi connectivity index (χ2v) is 7.81. The van der Waals surface area contributed by atoms with Gasteiger partial charge in [-0.3, -0.25) is 9.59 Å². The van der Waals surface area contributed by atoms with Crippen molar-refractivity contribution in [3.8, 4) is 0 Å². The summed E-state index contributed by atoms with van der Waals surface area (Å²) in [4.78, 5) is 27.8. The van der Waals surface area contributed by atoms with Crippen LogP contribution in [0.4, 0.5) is 0 Å². The number of piperidine rings is 1. The Hall–Kier alpha value is -1.11. The lowest BCUT2D eigenvalue weighted by Crippen LogP contribution is -2.44. The Morgan fingerprint density at radius 1 is 1.28 bits per heavy atom. The average Bonchev–Trinajstić information content (AvgIpc) is 3.29. The van der Waals surface area contributed by atoms with E-state index in [4.69, 9.17) is 0 Å². The Kier molecular flexibility index (Phi) is 8.19. The van der Waals surface area contributed by atoms with Crippen LogP contribution < -0.4 is 10.6 Å². The Balaban J connectivity index is 0.00000225. The Morgan fingerprint density at radius 2 is 2.08 bits per heavy atom. The van der Waals surface area contributed by atoms with Crippen molar-refractivity contribution in [2.75, 3.05) is 26.2 Å². The van der Waals surface area contributed by atoms with Gasteiger partial charge in [0.1, 0.15) is 0 Å². The first-order chi connectivity index (χ1) is 11.7. The number of rotatable bonds is 6. The van der Waals surface area contributed by atoms with Gasteiger partial charge in [0.25, 0.3) is 0 Å². The lowest BCUT2D eigenvalue weighted by atomic mass is 9.95. The van der Waals surface area contributed by atoms with Crippen molar-refractivity contribution in [2.24, 2.45) is 5.92 Å². The Bertz CT molecular complexity index is 539. The van der Waals surface area contributed by atoms with E-state index in [-0.39, 0.29) is 30.1 Å². The fraction of sp³-hybridized carbons (Fsp3) is 0.667. The second-order valence-electron chi connectivity index (χ2n) is 6.77. The number of hydrogen-bond donors (Lipinski definition) is 2. The van der Waals surface area contributed by atoms with Crippen molar-refractivity contribution in [1.29, 1.82) is 0 Å². The summed E-state index contributed by atoms with van der Waals surface area (Å²) in [5.74, 6) is 0.448. The fourth-order valence-electron chi connectivity index (χ4n) is 3.57. The van der Waals surface area contributed by atoms with Crippen molar-refractivity contribution in [2.45, 2.75) is 44.6 Å². The van der Waals surface area contributed by atoms with E-state index in [1.165, 1.54) is 11.3 Å². The first-order valence-electron chi connectivity index (χ1n) is 9.03. The molecule has 0 aromatic carbocycles. The molecule has 2 aliphatic heterocycles. The zero-order valence-electron chi connectivity index (χ0n) is 14.5.